The molecule has 0 spiro atoms. The van der Waals surface area contributed by atoms with E-state index >= 15 is 0 Å². The zero-order valence-electron chi connectivity index (χ0n) is 12.0. The Balaban J connectivity index is 2.14. The van der Waals surface area contributed by atoms with Crippen LogP contribution >= 0.6 is 0 Å². The molecule has 2 nitrogen and oxygen atoms in total. The quantitative estimate of drug-likeness (QED) is 0.881. The van der Waals surface area contributed by atoms with E-state index in [1.54, 1.807) is 0 Å². The van der Waals surface area contributed by atoms with Crippen LogP contribution in [0.1, 0.15) is 24.1 Å². The lowest BCUT2D eigenvalue weighted by atomic mass is 10.1. The fraction of sp³-hybridized carbons (Fsp3) is 0.294. The van der Waals surface area contributed by atoms with Gasteiger partial charge in [0.25, 0.3) is 0 Å². The molecular weight excluding hydrogens is 266 g/mol. The molecule has 2 aromatic rings. The van der Waals surface area contributed by atoms with Gasteiger partial charge in [-0.1, -0.05) is 49.4 Å². The van der Waals surface area contributed by atoms with Crippen LogP contribution in [0.4, 0.5) is 0 Å². The molecule has 0 saturated carbocycles. The zero-order chi connectivity index (χ0) is 14.4. The lowest BCUT2D eigenvalue weighted by Gasteiger charge is -2.18. The van der Waals surface area contributed by atoms with Gasteiger partial charge in [-0.25, -0.2) is 0 Å². The molecule has 0 amide bonds. The van der Waals surface area contributed by atoms with E-state index in [2.05, 4.69) is 24.4 Å². The van der Waals surface area contributed by atoms with Crippen molar-refractivity contribution >= 4 is 10.8 Å². The first kappa shape index (κ1) is 14.9. The fourth-order valence-corrected chi connectivity index (χ4v) is 3.56. The summed E-state index contributed by atoms with van der Waals surface area (Å²) in [7, 11) is -0.988. The number of nitrogens with one attached hydrogen (secondary N) is 1. The Morgan fingerprint density at radius 1 is 1.10 bits per heavy atom. The Labute approximate surface area is 123 Å². The Hall–Kier alpha value is -1.45. The van der Waals surface area contributed by atoms with E-state index in [0.717, 1.165) is 17.0 Å². The van der Waals surface area contributed by atoms with Crippen LogP contribution in [0.3, 0.4) is 0 Å². The van der Waals surface area contributed by atoms with Crippen LogP contribution in [-0.2, 0) is 10.8 Å². The highest BCUT2D eigenvalue weighted by atomic mass is 32.2. The van der Waals surface area contributed by atoms with Crippen molar-refractivity contribution in [2.75, 3.05) is 12.3 Å². The maximum Gasteiger partial charge on any atom is 0.0548 e. The van der Waals surface area contributed by atoms with Gasteiger partial charge in [0, 0.05) is 16.7 Å². The molecule has 20 heavy (non-hydrogen) atoms. The van der Waals surface area contributed by atoms with Gasteiger partial charge in [0.15, 0.2) is 0 Å². The maximum atomic E-state index is 12.5. The molecule has 0 bridgehead atoms. The second-order valence-corrected chi connectivity index (χ2v) is 6.35. The molecule has 1 N–H and O–H groups in total. The molecule has 0 saturated heterocycles. The van der Waals surface area contributed by atoms with Crippen LogP contribution in [0.2, 0.25) is 0 Å². The van der Waals surface area contributed by atoms with Gasteiger partial charge in [0.05, 0.1) is 10.8 Å². The van der Waals surface area contributed by atoms with Crippen molar-refractivity contribution in [3.8, 4) is 0 Å². The monoisotopic (exact) mass is 287 g/mol. The summed E-state index contributed by atoms with van der Waals surface area (Å²) in [5.74, 6) is 0.599. The van der Waals surface area contributed by atoms with Crippen molar-refractivity contribution in [3.05, 3.63) is 65.7 Å². The van der Waals surface area contributed by atoms with Gasteiger partial charge in [-0.3, -0.25) is 4.21 Å². The van der Waals surface area contributed by atoms with Crippen LogP contribution in [-0.4, -0.2) is 16.5 Å². The molecule has 3 heteroatoms. The molecule has 0 aliphatic rings. The van der Waals surface area contributed by atoms with Crippen LogP contribution in [0.15, 0.2) is 59.5 Å². The molecule has 2 atom stereocenters. The standard InChI is InChI=1S/C17H21NOS/c1-3-18-17(15-9-5-4-6-10-15)13-20(19)16-11-7-8-14(2)12-16/h4-12,17-18H,3,13H2,1-2H3. The zero-order valence-corrected chi connectivity index (χ0v) is 12.8. The van der Waals surface area contributed by atoms with Crippen molar-refractivity contribution in [1.29, 1.82) is 0 Å². The second kappa shape index (κ2) is 7.36. The van der Waals surface area contributed by atoms with Crippen LogP contribution in [0.25, 0.3) is 0 Å². The Kier molecular flexibility index (Phi) is 5.50. The van der Waals surface area contributed by atoms with Crippen LogP contribution in [0.5, 0.6) is 0 Å². The molecule has 0 aromatic heterocycles. The largest absolute Gasteiger partial charge is 0.309 e. The van der Waals surface area contributed by atoms with Gasteiger partial charge in [0.1, 0.15) is 0 Å². The van der Waals surface area contributed by atoms with Crippen molar-refractivity contribution in [1.82, 2.24) is 5.32 Å². The number of hydrogen-bond acceptors (Lipinski definition) is 2. The molecule has 2 rings (SSSR count). The van der Waals surface area contributed by atoms with E-state index < -0.39 is 10.8 Å². The first-order chi connectivity index (χ1) is 9.70. The van der Waals surface area contributed by atoms with E-state index in [1.807, 2.05) is 49.4 Å². The minimum Gasteiger partial charge on any atom is -0.309 e. The minimum atomic E-state index is -0.988. The second-order valence-electron chi connectivity index (χ2n) is 4.85. The predicted molar refractivity (Wildman–Crippen MR) is 85.3 cm³/mol. The Bertz CT molecular complexity index is 568. The lowest BCUT2D eigenvalue weighted by molar-refractivity contribution is 0.594. The topological polar surface area (TPSA) is 29.1 Å². The number of rotatable bonds is 6. The number of hydrogen-bond donors (Lipinski definition) is 1. The van der Waals surface area contributed by atoms with E-state index in [9.17, 15) is 4.21 Å². The summed E-state index contributed by atoms with van der Waals surface area (Å²) < 4.78 is 12.5. The average molecular weight is 287 g/mol. The average Bonchev–Trinajstić information content (AvgIpc) is 2.47. The molecule has 0 radical (unpaired) electrons. The SMILES string of the molecule is CCNC(CS(=O)c1cccc(C)c1)c1ccccc1. The Morgan fingerprint density at radius 3 is 2.50 bits per heavy atom. The third kappa shape index (κ3) is 4.02. The highest BCUT2D eigenvalue weighted by Crippen LogP contribution is 2.18. The lowest BCUT2D eigenvalue weighted by Crippen LogP contribution is -2.26. The molecule has 0 fully saturated rings. The molecule has 0 aliphatic heterocycles. The summed E-state index contributed by atoms with van der Waals surface area (Å²) in [5, 5.41) is 3.42. The highest BCUT2D eigenvalue weighted by Gasteiger charge is 2.15. The van der Waals surface area contributed by atoms with E-state index in [-0.39, 0.29) is 6.04 Å². The molecule has 106 valence electrons. The molecule has 2 aromatic carbocycles. The minimum absolute atomic E-state index is 0.127. The van der Waals surface area contributed by atoms with Gasteiger partial charge < -0.3 is 5.32 Å². The van der Waals surface area contributed by atoms with Crippen LogP contribution < -0.4 is 5.32 Å². The summed E-state index contributed by atoms with van der Waals surface area (Å²) in [6.07, 6.45) is 0. The van der Waals surface area contributed by atoms with E-state index in [1.165, 1.54) is 5.56 Å². The maximum absolute atomic E-state index is 12.5. The predicted octanol–water partition coefficient (Wildman–Crippen LogP) is 3.45. The summed E-state index contributed by atoms with van der Waals surface area (Å²) in [5.41, 5.74) is 2.34. The van der Waals surface area contributed by atoms with Gasteiger partial charge in [-0.15, -0.1) is 0 Å². The van der Waals surface area contributed by atoms with Gasteiger partial charge >= 0.3 is 0 Å². The number of aryl methyl sites for hydroxylation is 1. The first-order valence-corrected chi connectivity index (χ1v) is 8.26. The summed E-state index contributed by atoms with van der Waals surface area (Å²) in [6.45, 7) is 4.97. The fourth-order valence-electron chi connectivity index (χ4n) is 2.21. The van der Waals surface area contributed by atoms with E-state index in [4.69, 9.17) is 0 Å². The van der Waals surface area contributed by atoms with Gasteiger partial charge in [0.2, 0.25) is 0 Å². The van der Waals surface area contributed by atoms with Crippen molar-refractivity contribution in [2.24, 2.45) is 0 Å². The smallest absolute Gasteiger partial charge is 0.0548 e. The van der Waals surface area contributed by atoms with Crippen molar-refractivity contribution in [2.45, 2.75) is 24.8 Å². The third-order valence-corrected chi connectivity index (χ3v) is 4.64. The first-order valence-electron chi connectivity index (χ1n) is 6.94. The third-order valence-electron chi connectivity index (χ3n) is 3.22. The van der Waals surface area contributed by atoms with Gasteiger partial charge in [-0.2, -0.15) is 0 Å². The molecular formula is C17H21NOS. The molecule has 0 heterocycles. The van der Waals surface area contributed by atoms with Crippen LogP contribution in [0, 0.1) is 6.92 Å². The Morgan fingerprint density at radius 2 is 1.85 bits per heavy atom. The molecule has 0 aliphatic carbocycles. The van der Waals surface area contributed by atoms with E-state index in [0.29, 0.717) is 5.75 Å². The number of benzene rings is 2. The normalized spacial score (nSPS) is 13.9. The summed E-state index contributed by atoms with van der Waals surface area (Å²) >= 11 is 0. The highest BCUT2D eigenvalue weighted by molar-refractivity contribution is 7.85. The summed E-state index contributed by atoms with van der Waals surface area (Å²) in [4.78, 5) is 0.906. The summed E-state index contributed by atoms with van der Waals surface area (Å²) in [6, 6.07) is 18.3. The van der Waals surface area contributed by atoms with Crippen molar-refractivity contribution in [3.63, 3.8) is 0 Å². The van der Waals surface area contributed by atoms with Crippen molar-refractivity contribution < 1.29 is 4.21 Å². The molecule has 2 unspecified atom stereocenters. The van der Waals surface area contributed by atoms with Gasteiger partial charge in [-0.05, 0) is 36.7 Å².